The minimum Gasteiger partial charge on any atom is -0.397 e. The Kier molecular flexibility index (Phi) is 3.67. The molecule has 0 bridgehead atoms. The van der Waals surface area contributed by atoms with Crippen molar-refractivity contribution < 1.29 is 12.8 Å². The Balaban J connectivity index is 2.49. The molecule has 2 aromatic carbocycles. The molecule has 0 aliphatic carbocycles. The molecule has 0 aromatic heterocycles. The zero-order chi connectivity index (χ0) is 14.9. The van der Waals surface area contributed by atoms with E-state index >= 15 is 0 Å². The number of hydrogen-bond donors (Lipinski definition) is 2. The fourth-order valence-corrected chi connectivity index (χ4v) is 3.26. The molecule has 0 saturated heterocycles. The molecule has 0 aliphatic rings. The van der Waals surface area contributed by atoms with Gasteiger partial charge in [-0.15, -0.1) is 0 Å². The number of sulfonamides is 1. The molecule has 0 radical (unpaired) electrons. The van der Waals surface area contributed by atoms with E-state index < -0.39 is 15.8 Å². The lowest BCUT2D eigenvalue weighted by Crippen LogP contribution is -2.16. The van der Waals surface area contributed by atoms with Gasteiger partial charge in [0.15, 0.2) is 0 Å². The van der Waals surface area contributed by atoms with E-state index in [1.165, 1.54) is 18.2 Å². The normalized spacial score (nSPS) is 11.3. The number of benzene rings is 2. The maximum atomic E-state index is 13.7. The SMILES string of the molecule is Cc1ccc(C)c(S(=O)(=O)Nc2c(N)cccc2F)c1. The van der Waals surface area contributed by atoms with Crippen LogP contribution in [0.4, 0.5) is 15.8 Å². The van der Waals surface area contributed by atoms with Gasteiger partial charge in [-0.1, -0.05) is 18.2 Å². The van der Waals surface area contributed by atoms with Crippen molar-refractivity contribution in [3.05, 3.63) is 53.3 Å². The highest BCUT2D eigenvalue weighted by Gasteiger charge is 2.20. The van der Waals surface area contributed by atoms with E-state index in [1.807, 2.05) is 6.07 Å². The molecule has 106 valence electrons. The first-order chi connectivity index (χ1) is 9.31. The predicted molar refractivity (Wildman–Crippen MR) is 77.5 cm³/mol. The molecular weight excluding hydrogens is 279 g/mol. The minimum atomic E-state index is -3.88. The molecule has 3 N–H and O–H groups in total. The highest BCUT2D eigenvalue weighted by Crippen LogP contribution is 2.26. The molecule has 0 saturated carbocycles. The van der Waals surface area contributed by atoms with Gasteiger partial charge in [-0.05, 0) is 43.2 Å². The number of nitrogen functional groups attached to an aromatic ring is 1. The van der Waals surface area contributed by atoms with Gasteiger partial charge in [0.1, 0.15) is 11.5 Å². The van der Waals surface area contributed by atoms with Gasteiger partial charge in [0.25, 0.3) is 10.0 Å². The predicted octanol–water partition coefficient (Wildman–Crippen LogP) is 2.83. The third-order valence-corrected chi connectivity index (χ3v) is 4.41. The molecule has 0 unspecified atom stereocenters. The second-order valence-corrected chi connectivity index (χ2v) is 6.23. The number of halogens is 1. The summed E-state index contributed by atoms with van der Waals surface area (Å²) in [6.07, 6.45) is 0. The average Bonchev–Trinajstić information content (AvgIpc) is 2.37. The minimum absolute atomic E-state index is 0.0406. The molecule has 0 fully saturated rings. The summed E-state index contributed by atoms with van der Waals surface area (Å²) in [7, 11) is -3.88. The van der Waals surface area contributed by atoms with Crippen LogP contribution < -0.4 is 10.5 Å². The Hall–Kier alpha value is -2.08. The molecule has 2 rings (SSSR count). The van der Waals surface area contributed by atoms with Crippen molar-refractivity contribution in [2.75, 3.05) is 10.5 Å². The van der Waals surface area contributed by atoms with E-state index in [1.54, 1.807) is 19.9 Å². The largest absolute Gasteiger partial charge is 0.397 e. The van der Waals surface area contributed by atoms with Gasteiger partial charge in [-0.3, -0.25) is 4.72 Å². The zero-order valence-corrected chi connectivity index (χ0v) is 12.0. The monoisotopic (exact) mass is 294 g/mol. The Morgan fingerprint density at radius 1 is 1.15 bits per heavy atom. The van der Waals surface area contributed by atoms with Crippen LogP contribution in [0, 0.1) is 19.7 Å². The Morgan fingerprint density at radius 3 is 2.50 bits per heavy atom. The van der Waals surface area contributed by atoms with Crippen molar-refractivity contribution >= 4 is 21.4 Å². The first-order valence-electron chi connectivity index (χ1n) is 5.95. The van der Waals surface area contributed by atoms with Gasteiger partial charge in [0, 0.05) is 0 Å². The van der Waals surface area contributed by atoms with Crippen LogP contribution >= 0.6 is 0 Å². The van der Waals surface area contributed by atoms with Crippen molar-refractivity contribution in [1.29, 1.82) is 0 Å². The number of nitrogens with one attached hydrogen (secondary N) is 1. The number of nitrogens with two attached hydrogens (primary N) is 1. The quantitative estimate of drug-likeness (QED) is 0.855. The molecule has 0 aliphatic heterocycles. The van der Waals surface area contributed by atoms with E-state index in [0.29, 0.717) is 5.56 Å². The van der Waals surface area contributed by atoms with E-state index in [9.17, 15) is 12.8 Å². The second kappa shape index (κ2) is 5.13. The summed E-state index contributed by atoms with van der Waals surface area (Å²) in [6.45, 7) is 3.47. The molecule has 6 heteroatoms. The number of rotatable bonds is 3. The Bertz CT molecular complexity index is 738. The number of hydrogen-bond acceptors (Lipinski definition) is 3. The van der Waals surface area contributed by atoms with E-state index in [0.717, 1.165) is 11.6 Å². The van der Waals surface area contributed by atoms with Crippen molar-refractivity contribution in [3.63, 3.8) is 0 Å². The summed E-state index contributed by atoms with van der Waals surface area (Å²) in [5.74, 6) is -0.709. The van der Waals surface area contributed by atoms with Crippen molar-refractivity contribution in [3.8, 4) is 0 Å². The third kappa shape index (κ3) is 2.75. The van der Waals surface area contributed by atoms with Crippen LogP contribution in [0.5, 0.6) is 0 Å². The number of aryl methyl sites for hydroxylation is 2. The molecule has 4 nitrogen and oxygen atoms in total. The van der Waals surface area contributed by atoms with Crippen LogP contribution in [0.1, 0.15) is 11.1 Å². The van der Waals surface area contributed by atoms with Crippen molar-refractivity contribution in [2.24, 2.45) is 0 Å². The van der Waals surface area contributed by atoms with E-state index in [2.05, 4.69) is 4.72 Å². The molecule has 0 heterocycles. The summed E-state index contributed by atoms with van der Waals surface area (Å²) < 4.78 is 40.6. The zero-order valence-electron chi connectivity index (χ0n) is 11.1. The molecule has 2 aromatic rings. The van der Waals surface area contributed by atoms with Crippen LogP contribution in [0.15, 0.2) is 41.3 Å². The standard InChI is InChI=1S/C14H15FN2O2S/c1-9-6-7-10(2)13(8-9)20(18,19)17-14-11(15)4-3-5-12(14)16/h3-8,17H,16H2,1-2H3. The smallest absolute Gasteiger partial charge is 0.262 e. The fraction of sp³-hybridized carbons (Fsp3) is 0.143. The summed E-state index contributed by atoms with van der Waals surface area (Å²) >= 11 is 0. The Morgan fingerprint density at radius 2 is 1.85 bits per heavy atom. The van der Waals surface area contributed by atoms with Gasteiger partial charge in [0.05, 0.1) is 10.6 Å². The van der Waals surface area contributed by atoms with Crippen LogP contribution in [-0.4, -0.2) is 8.42 Å². The van der Waals surface area contributed by atoms with Crippen LogP contribution in [0.2, 0.25) is 0 Å². The third-order valence-electron chi connectivity index (χ3n) is 2.92. The maximum Gasteiger partial charge on any atom is 0.262 e. The lowest BCUT2D eigenvalue weighted by molar-refractivity contribution is 0.598. The summed E-state index contributed by atoms with van der Waals surface area (Å²) in [5.41, 5.74) is 6.80. The first-order valence-corrected chi connectivity index (χ1v) is 7.43. The molecule has 0 spiro atoms. The average molecular weight is 294 g/mol. The molecule has 20 heavy (non-hydrogen) atoms. The van der Waals surface area contributed by atoms with Crippen molar-refractivity contribution in [1.82, 2.24) is 0 Å². The summed E-state index contributed by atoms with van der Waals surface area (Å²) in [5, 5.41) is 0. The number of para-hydroxylation sites is 1. The van der Waals surface area contributed by atoms with Crippen LogP contribution in [0.25, 0.3) is 0 Å². The van der Waals surface area contributed by atoms with Gasteiger partial charge >= 0.3 is 0 Å². The van der Waals surface area contributed by atoms with Gasteiger partial charge in [-0.25, -0.2) is 12.8 Å². The number of anilines is 2. The molecular formula is C14H15FN2O2S. The highest BCUT2D eigenvalue weighted by atomic mass is 32.2. The highest BCUT2D eigenvalue weighted by molar-refractivity contribution is 7.92. The molecule has 0 amide bonds. The van der Waals surface area contributed by atoms with Gasteiger partial charge in [-0.2, -0.15) is 0 Å². The Labute approximate surface area is 117 Å². The van der Waals surface area contributed by atoms with Crippen LogP contribution in [0.3, 0.4) is 0 Å². The fourth-order valence-electron chi connectivity index (χ4n) is 1.83. The van der Waals surface area contributed by atoms with Gasteiger partial charge in [0.2, 0.25) is 0 Å². The lowest BCUT2D eigenvalue weighted by Gasteiger charge is -2.13. The van der Waals surface area contributed by atoms with E-state index in [-0.39, 0.29) is 16.3 Å². The van der Waals surface area contributed by atoms with Gasteiger partial charge < -0.3 is 5.73 Å². The summed E-state index contributed by atoms with van der Waals surface area (Å²) in [6, 6.07) is 9.05. The first kappa shape index (κ1) is 14.3. The maximum absolute atomic E-state index is 13.7. The van der Waals surface area contributed by atoms with Crippen molar-refractivity contribution in [2.45, 2.75) is 18.7 Å². The lowest BCUT2D eigenvalue weighted by atomic mass is 10.2. The topological polar surface area (TPSA) is 72.2 Å². The second-order valence-electron chi connectivity index (χ2n) is 4.58. The summed E-state index contributed by atoms with van der Waals surface area (Å²) in [4.78, 5) is 0.111. The van der Waals surface area contributed by atoms with Crippen LogP contribution in [-0.2, 0) is 10.0 Å². The van der Waals surface area contributed by atoms with E-state index in [4.69, 9.17) is 5.73 Å². The molecule has 0 atom stereocenters.